The molecular weight excluding hydrogens is 450 g/mol. The van der Waals surface area contributed by atoms with Crippen molar-refractivity contribution < 1.29 is 19.2 Å². The molecule has 2 N–H and O–H groups in total. The number of amides is 1. The molecule has 0 heterocycles. The minimum Gasteiger partial charge on any atom is -0.495 e. The van der Waals surface area contributed by atoms with Crippen molar-refractivity contribution in [2.75, 3.05) is 19.0 Å². The Labute approximate surface area is 175 Å². The van der Waals surface area contributed by atoms with Crippen molar-refractivity contribution in [2.45, 2.75) is 13.3 Å². The summed E-state index contributed by atoms with van der Waals surface area (Å²) in [5.74, 6) is 0.401. The van der Waals surface area contributed by atoms with E-state index in [1.807, 2.05) is 19.1 Å². The number of ether oxygens (including phenoxy) is 2. The number of hydrogen-bond acceptors (Lipinski definition) is 6. The third-order valence-electron chi connectivity index (χ3n) is 3.66. The van der Waals surface area contributed by atoms with Gasteiger partial charge in [-0.1, -0.05) is 13.0 Å². The number of anilines is 1. The van der Waals surface area contributed by atoms with Gasteiger partial charge in [0.15, 0.2) is 11.7 Å². The van der Waals surface area contributed by atoms with Gasteiger partial charge < -0.3 is 14.8 Å². The number of thiocarbonyl (C=S) groups is 1. The van der Waals surface area contributed by atoms with Gasteiger partial charge in [0.2, 0.25) is 0 Å². The Hall–Kier alpha value is -2.72. The first kappa shape index (κ1) is 21.6. The van der Waals surface area contributed by atoms with Gasteiger partial charge in [0.25, 0.3) is 11.6 Å². The summed E-state index contributed by atoms with van der Waals surface area (Å²) < 4.78 is 11.4. The highest BCUT2D eigenvalue weighted by atomic mass is 79.9. The zero-order valence-electron chi connectivity index (χ0n) is 15.2. The summed E-state index contributed by atoms with van der Waals surface area (Å²) in [7, 11) is 1.42. The number of nitrogens with zero attached hydrogens (tertiary/aromatic N) is 1. The van der Waals surface area contributed by atoms with Crippen LogP contribution in [-0.4, -0.2) is 29.7 Å². The number of nitro benzene ring substituents is 1. The van der Waals surface area contributed by atoms with Crippen LogP contribution in [0.15, 0.2) is 40.9 Å². The van der Waals surface area contributed by atoms with Gasteiger partial charge in [-0.15, -0.1) is 0 Å². The van der Waals surface area contributed by atoms with Crippen LogP contribution in [0.2, 0.25) is 0 Å². The lowest BCUT2D eigenvalue weighted by atomic mass is 10.2. The maximum absolute atomic E-state index is 12.1. The van der Waals surface area contributed by atoms with E-state index in [-0.39, 0.29) is 23.1 Å². The van der Waals surface area contributed by atoms with Crippen LogP contribution in [0.4, 0.5) is 11.4 Å². The Bertz CT molecular complexity index is 907. The summed E-state index contributed by atoms with van der Waals surface area (Å²) in [6, 6.07) is 9.63. The monoisotopic (exact) mass is 467 g/mol. The normalized spacial score (nSPS) is 10.1. The molecule has 0 aliphatic carbocycles. The van der Waals surface area contributed by atoms with E-state index in [1.165, 1.54) is 25.3 Å². The van der Waals surface area contributed by atoms with E-state index in [1.54, 1.807) is 6.07 Å². The van der Waals surface area contributed by atoms with E-state index in [9.17, 15) is 14.9 Å². The fraction of sp³-hybridized carbons (Fsp3) is 0.222. The summed E-state index contributed by atoms with van der Waals surface area (Å²) in [6.07, 6.45) is 0.889. The molecule has 0 spiro atoms. The Morgan fingerprint density at radius 2 is 1.96 bits per heavy atom. The molecule has 0 aliphatic heterocycles. The van der Waals surface area contributed by atoms with E-state index in [4.69, 9.17) is 21.7 Å². The van der Waals surface area contributed by atoms with Gasteiger partial charge >= 0.3 is 0 Å². The van der Waals surface area contributed by atoms with Gasteiger partial charge in [-0.05, 0) is 58.3 Å². The highest BCUT2D eigenvalue weighted by Gasteiger charge is 2.14. The van der Waals surface area contributed by atoms with E-state index in [0.717, 1.165) is 16.5 Å². The second kappa shape index (κ2) is 10.00. The van der Waals surface area contributed by atoms with Crippen molar-refractivity contribution in [2.24, 2.45) is 0 Å². The summed E-state index contributed by atoms with van der Waals surface area (Å²) >= 11 is 8.49. The minimum absolute atomic E-state index is 0.0344. The quantitative estimate of drug-likeness (QED) is 0.362. The summed E-state index contributed by atoms with van der Waals surface area (Å²) in [6.45, 7) is 1.79. The molecule has 0 aliphatic rings. The molecule has 10 heteroatoms. The Kier molecular flexibility index (Phi) is 7.70. The summed E-state index contributed by atoms with van der Waals surface area (Å²) in [5, 5.41) is 16.1. The van der Waals surface area contributed by atoms with Crippen molar-refractivity contribution in [3.05, 3.63) is 56.5 Å². The molecule has 2 aromatic rings. The van der Waals surface area contributed by atoms with E-state index >= 15 is 0 Å². The number of halogens is 1. The number of benzene rings is 2. The van der Waals surface area contributed by atoms with Crippen LogP contribution in [0.3, 0.4) is 0 Å². The molecule has 0 unspecified atom stereocenters. The van der Waals surface area contributed by atoms with Crippen LogP contribution in [0.1, 0.15) is 12.5 Å². The molecule has 2 rings (SSSR count). The molecule has 0 saturated heterocycles. The first-order chi connectivity index (χ1) is 13.3. The Morgan fingerprint density at radius 1 is 1.25 bits per heavy atom. The molecule has 0 fully saturated rings. The fourth-order valence-electron chi connectivity index (χ4n) is 2.25. The van der Waals surface area contributed by atoms with E-state index in [2.05, 4.69) is 26.6 Å². The molecule has 148 valence electrons. The number of aryl methyl sites for hydroxylation is 1. The van der Waals surface area contributed by atoms with Crippen molar-refractivity contribution in [3.63, 3.8) is 0 Å². The summed E-state index contributed by atoms with van der Waals surface area (Å²) in [4.78, 5) is 22.4. The predicted octanol–water partition coefficient (Wildman–Crippen LogP) is 3.82. The van der Waals surface area contributed by atoms with Crippen LogP contribution >= 0.6 is 28.1 Å². The molecule has 2 aromatic carbocycles. The standard InChI is InChI=1S/C18H18BrN3O5S/c1-3-11-4-6-15(13(19)8-11)27-10-17(23)21-18(28)20-14-9-12(22(24)25)5-7-16(14)26-2/h4-9H,3,10H2,1-2H3,(H2,20,21,23,28). The van der Waals surface area contributed by atoms with Gasteiger partial charge in [0.1, 0.15) is 11.5 Å². The largest absolute Gasteiger partial charge is 0.495 e. The van der Waals surface area contributed by atoms with Gasteiger partial charge in [0, 0.05) is 12.1 Å². The zero-order chi connectivity index (χ0) is 20.7. The van der Waals surface area contributed by atoms with E-state index < -0.39 is 10.8 Å². The number of hydrogen-bond donors (Lipinski definition) is 2. The van der Waals surface area contributed by atoms with Gasteiger partial charge in [-0.3, -0.25) is 20.2 Å². The van der Waals surface area contributed by atoms with Crippen molar-refractivity contribution in [1.82, 2.24) is 5.32 Å². The molecule has 0 atom stereocenters. The maximum Gasteiger partial charge on any atom is 0.271 e. The molecule has 1 amide bonds. The van der Waals surface area contributed by atoms with Gasteiger partial charge in [-0.25, -0.2) is 0 Å². The molecule has 28 heavy (non-hydrogen) atoms. The highest BCUT2D eigenvalue weighted by Crippen LogP contribution is 2.29. The van der Waals surface area contributed by atoms with Gasteiger partial charge in [0.05, 0.1) is 22.2 Å². The smallest absolute Gasteiger partial charge is 0.271 e. The van der Waals surface area contributed by atoms with Crippen molar-refractivity contribution >= 4 is 50.5 Å². The number of carbonyl (C=O) groups is 1. The van der Waals surface area contributed by atoms with Crippen molar-refractivity contribution in [3.8, 4) is 11.5 Å². The van der Waals surface area contributed by atoms with Crippen LogP contribution in [0.5, 0.6) is 11.5 Å². The first-order valence-electron chi connectivity index (χ1n) is 8.18. The van der Waals surface area contributed by atoms with Gasteiger partial charge in [-0.2, -0.15) is 0 Å². The number of methoxy groups -OCH3 is 1. The number of non-ortho nitro benzene ring substituents is 1. The lowest BCUT2D eigenvalue weighted by molar-refractivity contribution is -0.384. The molecule has 0 aromatic heterocycles. The Morgan fingerprint density at radius 3 is 2.57 bits per heavy atom. The Balaban J connectivity index is 1.95. The zero-order valence-corrected chi connectivity index (χ0v) is 17.6. The number of carbonyl (C=O) groups excluding carboxylic acids is 1. The third kappa shape index (κ3) is 5.89. The van der Waals surface area contributed by atoms with Crippen LogP contribution in [0.25, 0.3) is 0 Å². The second-order valence-corrected chi connectivity index (χ2v) is 6.81. The van der Waals surface area contributed by atoms with Crippen LogP contribution < -0.4 is 20.1 Å². The molecule has 0 bridgehead atoms. The predicted molar refractivity (Wildman–Crippen MR) is 113 cm³/mol. The van der Waals surface area contributed by atoms with Crippen LogP contribution in [-0.2, 0) is 11.2 Å². The lowest BCUT2D eigenvalue weighted by Gasteiger charge is -2.13. The SMILES string of the molecule is CCc1ccc(OCC(=O)NC(=S)Nc2cc([N+](=O)[O-])ccc2OC)c(Br)c1. The maximum atomic E-state index is 12.1. The second-order valence-electron chi connectivity index (χ2n) is 5.55. The number of nitrogens with one attached hydrogen (secondary N) is 2. The number of rotatable bonds is 7. The molecule has 8 nitrogen and oxygen atoms in total. The third-order valence-corrected chi connectivity index (χ3v) is 4.48. The topological polar surface area (TPSA) is 103 Å². The average molecular weight is 468 g/mol. The average Bonchev–Trinajstić information content (AvgIpc) is 2.66. The van der Waals surface area contributed by atoms with E-state index in [0.29, 0.717) is 11.5 Å². The van der Waals surface area contributed by atoms with Crippen LogP contribution in [0, 0.1) is 10.1 Å². The first-order valence-corrected chi connectivity index (χ1v) is 9.38. The van der Waals surface area contributed by atoms with Crippen molar-refractivity contribution in [1.29, 1.82) is 0 Å². The fourth-order valence-corrected chi connectivity index (χ4v) is 3.01. The molecular formula is C18H18BrN3O5S. The molecule has 0 saturated carbocycles. The summed E-state index contributed by atoms with van der Waals surface area (Å²) in [5.41, 5.74) is 1.27. The molecule has 0 radical (unpaired) electrons. The highest BCUT2D eigenvalue weighted by molar-refractivity contribution is 9.10. The lowest BCUT2D eigenvalue weighted by Crippen LogP contribution is -2.37. The number of nitro groups is 1. The minimum atomic E-state index is -0.540.